The van der Waals surface area contributed by atoms with Gasteiger partial charge in [0.2, 0.25) is 0 Å². The molecule has 98 valence electrons. The van der Waals surface area contributed by atoms with Crippen LogP contribution in [-0.2, 0) is 4.79 Å². The van der Waals surface area contributed by atoms with Gasteiger partial charge in [0.05, 0.1) is 6.26 Å². The number of hydrogen-bond acceptors (Lipinski definition) is 3. The summed E-state index contributed by atoms with van der Waals surface area (Å²) in [4.78, 5) is 11.6. The minimum Gasteiger partial charge on any atom is -0.465 e. The molecule has 0 radical (unpaired) electrons. The van der Waals surface area contributed by atoms with E-state index in [2.05, 4.69) is 0 Å². The fourth-order valence-corrected chi connectivity index (χ4v) is 1.76. The molecule has 0 N–H and O–H groups in total. The smallest absolute Gasteiger partial charge is 0.336 e. The summed E-state index contributed by atoms with van der Waals surface area (Å²) in [5.41, 5.74) is 1.75. The molecule has 4 heteroatoms. The van der Waals surface area contributed by atoms with Crippen LogP contribution in [0.2, 0.25) is 5.02 Å². The van der Waals surface area contributed by atoms with Gasteiger partial charge in [-0.3, -0.25) is 0 Å². The highest BCUT2D eigenvalue weighted by Crippen LogP contribution is 2.25. The molecule has 1 heterocycles. The average Bonchev–Trinajstić information content (AvgIpc) is 2.86. The van der Waals surface area contributed by atoms with Gasteiger partial charge in [0.15, 0.2) is 0 Å². The number of esters is 1. The van der Waals surface area contributed by atoms with Crippen molar-refractivity contribution in [2.45, 2.75) is 13.8 Å². The molecule has 0 atom stereocenters. The van der Waals surface area contributed by atoms with Crippen molar-refractivity contribution in [2.24, 2.45) is 0 Å². The highest BCUT2D eigenvalue weighted by atomic mass is 35.5. The van der Waals surface area contributed by atoms with Crippen molar-refractivity contribution in [1.82, 2.24) is 0 Å². The van der Waals surface area contributed by atoms with Crippen molar-refractivity contribution in [2.75, 3.05) is 0 Å². The standard InChI is InChI=1S/C15H13ClO3/c1-10-8-13(9-11(2)15(10)16)19-14(17)6-5-12-4-3-7-18-12/h3-9H,1-2H3/b6-5+. The highest BCUT2D eigenvalue weighted by molar-refractivity contribution is 6.32. The molecule has 0 spiro atoms. The molecule has 0 fully saturated rings. The van der Waals surface area contributed by atoms with Gasteiger partial charge in [0, 0.05) is 11.1 Å². The summed E-state index contributed by atoms with van der Waals surface area (Å²) in [5, 5.41) is 0.686. The predicted octanol–water partition coefficient (Wildman–Crippen LogP) is 4.17. The van der Waals surface area contributed by atoms with E-state index in [9.17, 15) is 4.79 Å². The van der Waals surface area contributed by atoms with Crippen molar-refractivity contribution in [3.05, 3.63) is 58.5 Å². The molecule has 2 rings (SSSR count). The van der Waals surface area contributed by atoms with Crippen molar-refractivity contribution < 1.29 is 13.9 Å². The minimum absolute atomic E-state index is 0.461. The van der Waals surface area contributed by atoms with E-state index >= 15 is 0 Å². The van der Waals surface area contributed by atoms with Crippen LogP contribution in [0.3, 0.4) is 0 Å². The summed E-state index contributed by atoms with van der Waals surface area (Å²) in [6, 6.07) is 6.96. The second-order valence-electron chi connectivity index (χ2n) is 4.14. The molecular formula is C15H13ClO3. The number of aryl methyl sites for hydroxylation is 2. The van der Waals surface area contributed by atoms with Gasteiger partial charge in [-0.05, 0) is 55.3 Å². The SMILES string of the molecule is Cc1cc(OC(=O)/C=C/c2ccco2)cc(C)c1Cl. The second kappa shape index (κ2) is 5.76. The molecule has 0 saturated heterocycles. The van der Waals surface area contributed by atoms with E-state index in [1.165, 1.54) is 12.3 Å². The Bertz CT molecular complexity index is 589. The Labute approximate surface area is 116 Å². The van der Waals surface area contributed by atoms with Crippen LogP contribution >= 0.6 is 11.6 Å². The van der Waals surface area contributed by atoms with Crippen LogP contribution in [0.4, 0.5) is 0 Å². The maximum absolute atomic E-state index is 11.6. The Morgan fingerprint density at radius 2 is 2.00 bits per heavy atom. The van der Waals surface area contributed by atoms with Gasteiger partial charge in [-0.1, -0.05) is 11.6 Å². The normalized spacial score (nSPS) is 10.9. The molecule has 1 aromatic carbocycles. The van der Waals surface area contributed by atoms with Gasteiger partial charge in [0.25, 0.3) is 0 Å². The predicted molar refractivity (Wildman–Crippen MR) is 74.3 cm³/mol. The first-order valence-corrected chi connectivity index (χ1v) is 6.14. The first-order chi connectivity index (χ1) is 9.06. The lowest BCUT2D eigenvalue weighted by Crippen LogP contribution is -2.04. The van der Waals surface area contributed by atoms with Gasteiger partial charge in [-0.15, -0.1) is 0 Å². The number of hydrogen-bond donors (Lipinski definition) is 0. The molecule has 0 unspecified atom stereocenters. The Hall–Kier alpha value is -2.00. The van der Waals surface area contributed by atoms with Crippen LogP contribution in [0.5, 0.6) is 5.75 Å². The summed E-state index contributed by atoms with van der Waals surface area (Å²) in [7, 11) is 0. The zero-order valence-corrected chi connectivity index (χ0v) is 11.4. The molecule has 0 amide bonds. The maximum atomic E-state index is 11.6. The van der Waals surface area contributed by atoms with Crippen molar-refractivity contribution in [3.63, 3.8) is 0 Å². The first-order valence-electron chi connectivity index (χ1n) is 5.76. The van der Waals surface area contributed by atoms with Crippen LogP contribution in [0.1, 0.15) is 16.9 Å². The number of carbonyl (C=O) groups excluding carboxylic acids is 1. The molecule has 19 heavy (non-hydrogen) atoms. The van der Waals surface area contributed by atoms with Gasteiger partial charge >= 0.3 is 5.97 Å². The topological polar surface area (TPSA) is 39.4 Å². The summed E-state index contributed by atoms with van der Waals surface area (Å²) in [6.45, 7) is 3.73. The van der Waals surface area contributed by atoms with E-state index in [-0.39, 0.29) is 0 Å². The zero-order valence-electron chi connectivity index (χ0n) is 10.6. The fourth-order valence-electron chi connectivity index (χ4n) is 1.65. The van der Waals surface area contributed by atoms with E-state index in [1.54, 1.807) is 30.3 Å². The third-order valence-corrected chi connectivity index (χ3v) is 3.15. The van der Waals surface area contributed by atoms with E-state index in [1.807, 2.05) is 13.8 Å². The Morgan fingerprint density at radius 3 is 2.58 bits per heavy atom. The van der Waals surface area contributed by atoms with Gasteiger partial charge < -0.3 is 9.15 Å². The Kier molecular flexibility index (Phi) is 4.07. The van der Waals surface area contributed by atoms with Crippen molar-refractivity contribution >= 4 is 23.6 Å². The third-order valence-electron chi connectivity index (χ3n) is 2.56. The molecule has 2 aromatic rings. The molecular weight excluding hydrogens is 264 g/mol. The molecule has 0 aliphatic rings. The highest BCUT2D eigenvalue weighted by Gasteiger charge is 2.06. The monoisotopic (exact) mass is 276 g/mol. The van der Waals surface area contributed by atoms with Crippen LogP contribution in [0, 0.1) is 13.8 Å². The number of carbonyl (C=O) groups is 1. The largest absolute Gasteiger partial charge is 0.465 e. The van der Waals surface area contributed by atoms with Crippen LogP contribution in [0.15, 0.2) is 41.0 Å². The molecule has 1 aromatic heterocycles. The molecule has 0 saturated carbocycles. The average molecular weight is 277 g/mol. The quantitative estimate of drug-likeness (QED) is 0.480. The van der Waals surface area contributed by atoms with Crippen LogP contribution in [-0.4, -0.2) is 5.97 Å². The molecule has 0 aliphatic heterocycles. The number of benzene rings is 1. The summed E-state index contributed by atoms with van der Waals surface area (Å²) in [5.74, 6) is 0.617. The van der Waals surface area contributed by atoms with E-state index in [0.717, 1.165) is 11.1 Å². The lowest BCUT2D eigenvalue weighted by Gasteiger charge is -2.06. The number of halogens is 1. The Morgan fingerprint density at radius 1 is 1.32 bits per heavy atom. The van der Waals surface area contributed by atoms with Crippen LogP contribution < -0.4 is 4.74 Å². The maximum Gasteiger partial charge on any atom is 0.336 e. The van der Waals surface area contributed by atoms with Gasteiger partial charge in [-0.2, -0.15) is 0 Å². The molecule has 0 bridgehead atoms. The van der Waals surface area contributed by atoms with E-state index in [4.69, 9.17) is 20.8 Å². The minimum atomic E-state index is -0.461. The second-order valence-corrected chi connectivity index (χ2v) is 4.52. The zero-order chi connectivity index (χ0) is 13.8. The lowest BCUT2D eigenvalue weighted by atomic mass is 10.1. The summed E-state index contributed by atoms with van der Waals surface area (Å²) < 4.78 is 10.3. The first kappa shape index (κ1) is 13.4. The van der Waals surface area contributed by atoms with Gasteiger partial charge in [-0.25, -0.2) is 4.79 Å². The summed E-state index contributed by atoms with van der Waals surface area (Å²) in [6.07, 6.45) is 4.41. The van der Waals surface area contributed by atoms with Crippen molar-refractivity contribution in [1.29, 1.82) is 0 Å². The number of rotatable bonds is 3. The van der Waals surface area contributed by atoms with Crippen molar-refractivity contribution in [3.8, 4) is 5.75 Å². The number of ether oxygens (including phenoxy) is 1. The fraction of sp³-hybridized carbons (Fsp3) is 0.133. The molecule has 3 nitrogen and oxygen atoms in total. The molecule has 0 aliphatic carbocycles. The van der Waals surface area contributed by atoms with E-state index < -0.39 is 5.97 Å². The Balaban J connectivity index is 2.07. The van der Waals surface area contributed by atoms with E-state index in [0.29, 0.717) is 16.5 Å². The summed E-state index contributed by atoms with van der Waals surface area (Å²) >= 11 is 6.05. The third kappa shape index (κ3) is 3.48. The van der Waals surface area contributed by atoms with Crippen LogP contribution in [0.25, 0.3) is 6.08 Å². The van der Waals surface area contributed by atoms with Gasteiger partial charge in [0.1, 0.15) is 11.5 Å². The lowest BCUT2D eigenvalue weighted by molar-refractivity contribution is -0.128. The number of furan rings is 1.